The lowest BCUT2D eigenvalue weighted by Gasteiger charge is -2.24. The molecular formula is C28H24ClN7O2. The predicted molar refractivity (Wildman–Crippen MR) is 146 cm³/mol. The molecule has 1 aliphatic heterocycles. The molecule has 0 saturated heterocycles. The number of fused-ring (bicyclic) bond motifs is 4. The summed E-state index contributed by atoms with van der Waals surface area (Å²) in [6, 6.07) is 8.98. The zero-order valence-corrected chi connectivity index (χ0v) is 22.0. The van der Waals surface area contributed by atoms with E-state index in [9.17, 15) is 4.79 Å². The SMILES string of the molecule is Cc1c(C#Cc2ccc3c(c2)OC[C@H]3N(C)C(=O)c2cc3c(cc2Cl)nc(N)c2cnn(C)c23)cnn1C. The van der Waals surface area contributed by atoms with Gasteiger partial charge < -0.3 is 15.4 Å². The van der Waals surface area contributed by atoms with E-state index in [1.165, 1.54) is 0 Å². The second-order valence-electron chi connectivity index (χ2n) is 9.39. The number of benzene rings is 2. The van der Waals surface area contributed by atoms with Gasteiger partial charge in [0.05, 0.1) is 56.7 Å². The summed E-state index contributed by atoms with van der Waals surface area (Å²) in [5.41, 5.74) is 11.5. The number of aromatic nitrogens is 5. The molecule has 0 unspecified atom stereocenters. The number of ether oxygens (including phenoxy) is 1. The zero-order chi connectivity index (χ0) is 26.7. The van der Waals surface area contributed by atoms with E-state index in [-0.39, 0.29) is 11.9 Å². The topological polar surface area (TPSA) is 104 Å². The van der Waals surface area contributed by atoms with Crippen molar-refractivity contribution in [2.75, 3.05) is 19.4 Å². The standard InChI is InChI=1S/C28H24ClN7O2/c1-15-17(12-31-35(15)3)7-5-16-6-8-18-24(14-38-25(18)9-16)34(2)28(37)19-10-20-23(11-22(19)29)33-27(30)21-13-32-36(4)26(20)21/h6,8-13,24H,14H2,1-4H3,(H2,30,33)/t24-/m1/s1. The molecular weight excluding hydrogens is 502 g/mol. The number of nitrogen functional groups attached to an aromatic ring is 1. The van der Waals surface area contributed by atoms with Crippen LogP contribution in [0.15, 0.2) is 42.7 Å². The van der Waals surface area contributed by atoms with Gasteiger partial charge in [0.1, 0.15) is 18.2 Å². The Morgan fingerprint density at radius 1 is 1.13 bits per heavy atom. The minimum absolute atomic E-state index is 0.221. The maximum Gasteiger partial charge on any atom is 0.255 e. The fourth-order valence-electron chi connectivity index (χ4n) is 4.83. The Morgan fingerprint density at radius 2 is 1.92 bits per heavy atom. The van der Waals surface area contributed by atoms with Gasteiger partial charge in [-0.3, -0.25) is 14.2 Å². The smallest absolute Gasteiger partial charge is 0.255 e. The molecule has 1 atom stereocenters. The molecule has 1 amide bonds. The normalized spacial score (nSPS) is 14.3. The summed E-state index contributed by atoms with van der Waals surface area (Å²) in [4.78, 5) is 19.8. The van der Waals surface area contributed by atoms with Crippen molar-refractivity contribution in [3.8, 4) is 17.6 Å². The average Bonchev–Trinajstić information content (AvgIpc) is 3.59. The molecule has 0 aliphatic carbocycles. The summed E-state index contributed by atoms with van der Waals surface area (Å²) >= 11 is 6.58. The molecule has 0 fully saturated rings. The number of rotatable bonds is 2. The highest BCUT2D eigenvalue weighted by molar-refractivity contribution is 6.35. The summed E-state index contributed by atoms with van der Waals surface area (Å²) < 4.78 is 9.48. The maximum absolute atomic E-state index is 13.7. The monoisotopic (exact) mass is 525 g/mol. The van der Waals surface area contributed by atoms with Crippen molar-refractivity contribution in [2.45, 2.75) is 13.0 Å². The number of anilines is 1. The second-order valence-corrected chi connectivity index (χ2v) is 9.80. The number of nitrogens with zero attached hydrogens (tertiary/aromatic N) is 6. The van der Waals surface area contributed by atoms with Crippen molar-refractivity contribution < 1.29 is 9.53 Å². The van der Waals surface area contributed by atoms with Crippen LogP contribution in [-0.4, -0.2) is 49.0 Å². The van der Waals surface area contributed by atoms with Crippen LogP contribution in [0.1, 0.15) is 38.8 Å². The Morgan fingerprint density at radius 3 is 2.68 bits per heavy atom. The molecule has 0 spiro atoms. The van der Waals surface area contributed by atoms with Crippen LogP contribution in [0, 0.1) is 18.8 Å². The molecule has 38 heavy (non-hydrogen) atoms. The average molecular weight is 526 g/mol. The number of carbonyl (C=O) groups excluding carboxylic acids is 1. The van der Waals surface area contributed by atoms with E-state index >= 15 is 0 Å². The molecule has 2 aromatic carbocycles. The Kier molecular flexibility index (Phi) is 5.51. The quantitative estimate of drug-likeness (QED) is 0.349. The number of aryl methyl sites for hydroxylation is 2. The third-order valence-electron chi connectivity index (χ3n) is 7.16. The molecule has 2 N–H and O–H groups in total. The predicted octanol–water partition coefficient (Wildman–Crippen LogP) is 4.00. The molecule has 9 nitrogen and oxygen atoms in total. The van der Waals surface area contributed by atoms with Crippen LogP contribution in [0.5, 0.6) is 5.75 Å². The van der Waals surface area contributed by atoms with Crippen molar-refractivity contribution >= 4 is 45.1 Å². The highest BCUT2D eigenvalue weighted by Gasteiger charge is 2.32. The van der Waals surface area contributed by atoms with Crippen molar-refractivity contribution in [3.05, 3.63) is 75.7 Å². The maximum atomic E-state index is 13.7. The van der Waals surface area contributed by atoms with Gasteiger partial charge in [-0.25, -0.2) is 4.98 Å². The van der Waals surface area contributed by atoms with Gasteiger partial charge in [0, 0.05) is 37.7 Å². The summed E-state index contributed by atoms with van der Waals surface area (Å²) in [6.45, 7) is 2.32. The Hall–Kier alpha value is -4.55. The van der Waals surface area contributed by atoms with Gasteiger partial charge in [0.2, 0.25) is 0 Å². The van der Waals surface area contributed by atoms with Crippen LogP contribution in [0.3, 0.4) is 0 Å². The third-order valence-corrected chi connectivity index (χ3v) is 7.47. The van der Waals surface area contributed by atoms with Gasteiger partial charge in [-0.1, -0.05) is 29.5 Å². The van der Waals surface area contributed by atoms with E-state index in [1.54, 1.807) is 45.8 Å². The molecule has 1 aliphatic rings. The number of likely N-dealkylation sites (N-methyl/N-ethyl adjacent to an activating group) is 1. The number of hydrogen-bond donors (Lipinski definition) is 1. The van der Waals surface area contributed by atoms with E-state index in [0.717, 1.165) is 38.7 Å². The van der Waals surface area contributed by atoms with Crippen molar-refractivity contribution in [1.82, 2.24) is 29.4 Å². The van der Waals surface area contributed by atoms with Gasteiger partial charge in [-0.05, 0) is 31.2 Å². The number of halogens is 1. The summed E-state index contributed by atoms with van der Waals surface area (Å²) in [5, 5.41) is 10.3. The molecule has 10 heteroatoms. The molecule has 5 aromatic rings. The van der Waals surface area contributed by atoms with Gasteiger partial charge in [0.25, 0.3) is 5.91 Å². The fourth-order valence-corrected chi connectivity index (χ4v) is 5.07. The van der Waals surface area contributed by atoms with E-state index in [4.69, 9.17) is 22.1 Å². The van der Waals surface area contributed by atoms with Gasteiger partial charge in [-0.15, -0.1) is 0 Å². The van der Waals surface area contributed by atoms with E-state index in [0.29, 0.717) is 34.3 Å². The van der Waals surface area contributed by atoms with Gasteiger partial charge in [-0.2, -0.15) is 10.2 Å². The number of pyridine rings is 1. The molecule has 0 bridgehead atoms. The zero-order valence-electron chi connectivity index (χ0n) is 21.3. The summed E-state index contributed by atoms with van der Waals surface area (Å²) in [5.74, 6) is 7.21. The highest BCUT2D eigenvalue weighted by atomic mass is 35.5. The lowest BCUT2D eigenvalue weighted by Crippen LogP contribution is -2.32. The second kappa shape index (κ2) is 8.78. The largest absolute Gasteiger partial charge is 0.491 e. The molecule has 3 aromatic heterocycles. The highest BCUT2D eigenvalue weighted by Crippen LogP contribution is 2.38. The first kappa shape index (κ1) is 23.8. The van der Waals surface area contributed by atoms with Crippen molar-refractivity contribution in [2.24, 2.45) is 14.1 Å². The molecule has 190 valence electrons. The number of nitrogens with two attached hydrogens (primary N) is 1. The number of amides is 1. The minimum Gasteiger partial charge on any atom is -0.491 e. The van der Waals surface area contributed by atoms with Crippen LogP contribution in [0.4, 0.5) is 5.82 Å². The summed E-state index contributed by atoms with van der Waals surface area (Å²) in [6.07, 6.45) is 3.42. The summed E-state index contributed by atoms with van der Waals surface area (Å²) in [7, 11) is 5.47. The van der Waals surface area contributed by atoms with Gasteiger partial charge in [0.15, 0.2) is 0 Å². The molecule has 6 rings (SSSR count). The lowest BCUT2D eigenvalue weighted by atomic mass is 10.0. The molecule has 0 radical (unpaired) electrons. The van der Waals surface area contributed by atoms with E-state index in [1.807, 2.05) is 39.2 Å². The van der Waals surface area contributed by atoms with Crippen molar-refractivity contribution in [1.29, 1.82) is 0 Å². The Balaban J connectivity index is 1.31. The number of carbonyl (C=O) groups is 1. The third kappa shape index (κ3) is 3.73. The minimum atomic E-state index is -0.270. The first-order valence-electron chi connectivity index (χ1n) is 12.0. The van der Waals surface area contributed by atoms with Crippen LogP contribution in [0.2, 0.25) is 5.02 Å². The first-order valence-corrected chi connectivity index (χ1v) is 12.4. The van der Waals surface area contributed by atoms with Crippen LogP contribution in [-0.2, 0) is 14.1 Å². The first-order chi connectivity index (χ1) is 18.2. The number of hydrogen-bond acceptors (Lipinski definition) is 6. The molecule has 4 heterocycles. The lowest BCUT2D eigenvalue weighted by molar-refractivity contribution is 0.0709. The van der Waals surface area contributed by atoms with E-state index < -0.39 is 0 Å². The fraction of sp³-hybridized carbons (Fsp3) is 0.214. The van der Waals surface area contributed by atoms with Crippen LogP contribution >= 0.6 is 11.6 Å². The Labute approximate surface area is 223 Å². The van der Waals surface area contributed by atoms with Crippen molar-refractivity contribution in [3.63, 3.8) is 0 Å². The van der Waals surface area contributed by atoms with Crippen LogP contribution < -0.4 is 10.5 Å². The van der Waals surface area contributed by atoms with E-state index in [2.05, 4.69) is 27.0 Å². The Bertz CT molecular complexity index is 1840. The van der Waals surface area contributed by atoms with Gasteiger partial charge >= 0.3 is 0 Å². The molecule has 0 saturated carbocycles. The van der Waals surface area contributed by atoms with Crippen LogP contribution in [0.25, 0.3) is 21.8 Å².